The van der Waals surface area contributed by atoms with E-state index in [1.807, 2.05) is 29.1 Å². The predicted molar refractivity (Wildman–Crippen MR) is 94.0 cm³/mol. The number of nitrogens with zero attached hydrogens (tertiary/aromatic N) is 3. The van der Waals surface area contributed by atoms with Crippen molar-refractivity contribution in [3.8, 4) is 6.07 Å². The van der Waals surface area contributed by atoms with E-state index in [1.165, 1.54) is 16.9 Å². The normalized spacial score (nSPS) is 19.4. The van der Waals surface area contributed by atoms with E-state index in [4.69, 9.17) is 5.26 Å². The van der Waals surface area contributed by atoms with Crippen LogP contribution in [0.1, 0.15) is 45.4 Å². The first-order valence-corrected chi connectivity index (χ1v) is 8.91. The lowest BCUT2D eigenvalue weighted by atomic mass is 9.96. The van der Waals surface area contributed by atoms with E-state index < -0.39 is 0 Å². The Labute approximate surface area is 145 Å². The van der Waals surface area contributed by atoms with Gasteiger partial charge in [-0.3, -0.25) is 9.48 Å². The molecule has 1 amide bonds. The van der Waals surface area contributed by atoms with Gasteiger partial charge in [-0.2, -0.15) is 10.4 Å². The van der Waals surface area contributed by atoms with Gasteiger partial charge in [0.15, 0.2) is 0 Å². The van der Waals surface area contributed by atoms with Gasteiger partial charge in [0, 0.05) is 23.2 Å². The third-order valence-corrected chi connectivity index (χ3v) is 5.26. The molecule has 5 nitrogen and oxygen atoms in total. The maximum absolute atomic E-state index is 12.2. The molecule has 0 saturated carbocycles. The number of carbonyl (C=O) groups is 1. The Morgan fingerprint density at radius 1 is 1.50 bits per heavy atom. The highest BCUT2D eigenvalue weighted by atomic mass is 32.1. The van der Waals surface area contributed by atoms with Crippen molar-refractivity contribution in [1.29, 1.82) is 5.26 Å². The zero-order chi connectivity index (χ0) is 17.1. The highest BCUT2D eigenvalue weighted by Gasteiger charge is 2.26. The number of thiophene rings is 1. The van der Waals surface area contributed by atoms with Crippen molar-refractivity contribution in [3.05, 3.63) is 51.5 Å². The van der Waals surface area contributed by atoms with Crippen LogP contribution in [0.4, 0.5) is 0 Å². The lowest BCUT2D eigenvalue weighted by molar-refractivity contribution is 0.0948. The summed E-state index contributed by atoms with van der Waals surface area (Å²) in [6.07, 6.45) is 5.54. The average Bonchev–Trinajstić information content (AvgIpc) is 3.27. The molecule has 2 atom stereocenters. The minimum Gasteiger partial charge on any atom is -0.345 e. The van der Waals surface area contributed by atoms with Gasteiger partial charge in [-0.1, -0.05) is 18.2 Å². The van der Waals surface area contributed by atoms with Crippen molar-refractivity contribution in [1.82, 2.24) is 15.1 Å². The molecular weight excluding hydrogens is 320 g/mol. The van der Waals surface area contributed by atoms with Crippen molar-refractivity contribution < 1.29 is 4.79 Å². The van der Waals surface area contributed by atoms with Crippen molar-refractivity contribution in [2.24, 2.45) is 0 Å². The molecule has 0 aliphatic heterocycles. The van der Waals surface area contributed by atoms with Crippen LogP contribution < -0.4 is 5.32 Å². The third kappa shape index (κ3) is 3.26. The van der Waals surface area contributed by atoms with Crippen LogP contribution in [-0.4, -0.2) is 21.7 Å². The van der Waals surface area contributed by atoms with Gasteiger partial charge in [0.05, 0.1) is 29.6 Å². The molecule has 0 saturated heterocycles. The van der Waals surface area contributed by atoms with Crippen LogP contribution in [0.3, 0.4) is 0 Å². The van der Waals surface area contributed by atoms with E-state index in [-0.39, 0.29) is 17.9 Å². The van der Waals surface area contributed by atoms with Crippen LogP contribution in [0, 0.1) is 25.2 Å². The first-order chi connectivity index (χ1) is 11.6. The van der Waals surface area contributed by atoms with Gasteiger partial charge in [0.25, 0.3) is 5.91 Å². The number of amides is 1. The molecule has 124 valence electrons. The Bertz CT molecular complexity index is 798. The quantitative estimate of drug-likeness (QED) is 0.849. The third-order valence-electron chi connectivity index (χ3n) is 4.39. The van der Waals surface area contributed by atoms with Gasteiger partial charge in [0.1, 0.15) is 0 Å². The number of hydrogen-bond donors (Lipinski definition) is 1. The number of nitriles is 1. The molecule has 0 aromatic carbocycles. The Morgan fingerprint density at radius 3 is 3.04 bits per heavy atom. The molecule has 2 heterocycles. The first-order valence-electron chi connectivity index (χ1n) is 8.03. The summed E-state index contributed by atoms with van der Waals surface area (Å²) in [4.78, 5) is 12.9. The summed E-state index contributed by atoms with van der Waals surface area (Å²) in [7, 11) is 0. The molecule has 2 aromatic rings. The maximum Gasteiger partial charge on any atom is 0.261 e. The van der Waals surface area contributed by atoms with Crippen LogP contribution in [0.15, 0.2) is 29.7 Å². The summed E-state index contributed by atoms with van der Waals surface area (Å²) in [5, 5.41) is 18.3. The molecule has 6 heteroatoms. The molecule has 0 bridgehead atoms. The number of carbonyl (C=O) groups excluding carboxylic acids is 1. The van der Waals surface area contributed by atoms with Crippen LogP contribution in [0.25, 0.3) is 0 Å². The van der Waals surface area contributed by atoms with E-state index in [1.54, 1.807) is 0 Å². The SMILES string of the molecule is Cc1nn(CCC#N)c(C)c1[C@H]1C=C[C@@H](NC(=O)c2cccs2)C1. The molecule has 0 fully saturated rings. The number of aryl methyl sites for hydroxylation is 2. The minimum atomic E-state index is -0.0153. The zero-order valence-electron chi connectivity index (χ0n) is 13.8. The molecule has 2 aromatic heterocycles. The molecule has 1 N–H and O–H groups in total. The summed E-state index contributed by atoms with van der Waals surface area (Å²) < 4.78 is 1.92. The summed E-state index contributed by atoms with van der Waals surface area (Å²) in [6.45, 7) is 4.69. The van der Waals surface area contributed by atoms with Crippen molar-refractivity contribution >= 4 is 17.2 Å². The maximum atomic E-state index is 12.2. The van der Waals surface area contributed by atoms with E-state index in [0.29, 0.717) is 13.0 Å². The highest BCUT2D eigenvalue weighted by molar-refractivity contribution is 7.12. The van der Waals surface area contributed by atoms with E-state index in [0.717, 1.165) is 22.7 Å². The predicted octanol–water partition coefficient (Wildman–Crippen LogP) is 3.32. The van der Waals surface area contributed by atoms with E-state index in [2.05, 4.69) is 35.6 Å². The lowest BCUT2D eigenvalue weighted by Gasteiger charge is -2.14. The van der Waals surface area contributed by atoms with Crippen LogP contribution >= 0.6 is 11.3 Å². The van der Waals surface area contributed by atoms with Crippen LogP contribution in [0.5, 0.6) is 0 Å². The minimum absolute atomic E-state index is 0.0153. The second-order valence-electron chi connectivity index (χ2n) is 6.00. The van der Waals surface area contributed by atoms with Gasteiger partial charge >= 0.3 is 0 Å². The number of nitrogens with one attached hydrogen (secondary N) is 1. The average molecular weight is 340 g/mol. The molecule has 24 heavy (non-hydrogen) atoms. The lowest BCUT2D eigenvalue weighted by Crippen LogP contribution is -2.32. The molecule has 0 unspecified atom stereocenters. The standard InChI is InChI=1S/C18H20N4OS/c1-12-17(13(2)22(21-12)9-4-8-19)14-6-7-15(11-14)20-18(23)16-5-3-10-24-16/h3,5-7,10,14-15H,4,9,11H2,1-2H3,(H,20,23)/t14-,15+/m0/s1. The van der Waals surface area contributed by atoms with E-state index in [9.17, 15) is 4.79 Å². The van der Waals surface area contributed by atoms with Gasteiger partial charge in [-0.15, -0.1) is 11.3 Å². The largest absolute Gasteiger partial charge is 0.345 e. The Kier molecular flexibility index (Phi) is 4.81. The van der Waals surface area contributed by atoms with Crippen molar-refractivity contribution in [2.45, 2.75) is 45.2 Å². The van der Waals surface area contributed by atoms with Gasteiger partial charge in [-0.25, -0.2) is 0 Å². The van der Waals surface area contributed by atoms with Crippen molar-refractivity contribution in [3.63, 3.8) is 0 Å². The molecule has 1 aliphatic rings. The Hall–Kier alpha value is -2.39. The van der Waals surface area contributed by atoms with E-state index >= 15 is 0 Å². The fraction of sp³-hybridized carbons (Fsp3) is 0.389. The summed E-state index contributed by atoms with van der Waals surface area (Å²) >= 11 is 1.45. The fourth-order valence-electron chi connectivity index (χ4n) is 3.29. The van der Waals surface area contributed by atoms with Gasteiger partial charge in [0.2, 0.25) is 0 Å². The summed E-state index contributed by atoms with van der Waals surface area (Å²) in [6, 6.07) is 5.93. The highest BCUT2D eigenvalue weighted by Crippen LogP contribution is 2.33. The molecule has 3 rings (SSSR count). The number of hydrogen-bond acceptors (Lipinski definition) is 4. The van der Waals surface area contributed by atoms with Gasteiger partial charge in [-0.05, 0) is 31.7 Å². The first kappa shape index (κ1) is 16.5. The van der Waals surface area contributed by atoms with Crippen LogP contribution in [0.2, 0.25) is 0 Å². The number of aromatic nitrogens is 2. The smallest absolute Gasteiger partial charge is 0.261 e. The molecule has 0 spiro atoms. The molecule has 0 radical (unpaired) electrons. The molecule has 1 aliphatic carbocycles. The summed E-state index contributed by atoms with van der Waals surface area (Å²) in [5.74, 6) is 0.243. The monoisotopic (exact) mass is 340 g/mol. The van der Waals surface area contributed by atoms with Crippen LogP contribution in [-0.2, 0) is 6.54 Å². The fourth-order valence-corrected chi connectivity index (χ4v) is 3.92. The zero-order valence-corrected chi connectivity index (χ0v) is 14.6. The Balaban J connectivity index is 1.68. The second kappa shape index (κ2) is 7.02. The Morgan fingerprint density at radius 2 is 2.33 bits per heavy atom. The molecular formula is C18H20N4OS. The van der Waals surface area contributed by atoms with Crippen molar-refractivity contribution in [2.75, 3.05) is 0 Å². The van der Waals surface area contributed by atoms with Gasteiger partial charge < -0.3 is 5.32 Å². The number of allylic oxidation sites excluding steroid dienone is 1. The topological polar surface area (TPSA) is 70.7 Å². The second-order valence-corrected chi connectivity index (χ2v) is 6.95. The number of rotatable bonds is 5. The summed E-state index contributed by atoms with van der Waals surface area (Å²) in [5.41, 5.74) is 3.34.